The van der Waals surface area contributed by atoms with Gasteiger partial charge in [-0.25, -0.2) is 0 Å². The zero-order valence-electron chi connectivity index (χ0n) is 18.7. The van der Waals surface area contributed by atoms with Gasteiger partial charge in [0.1, 0.15) is 5.75 Å². The van der Waals surface area contributed by atoms with Crippen LogP contribution >= 0.6 is 0 Å². The fraction of sp³-hybridized carbons (Fsp3) is 0.417. The van der Waals surface area contributed by atoms with E-state index in [1.165, 1.54) is 0 Å². The Morgan fingerprint density at radius 2 is 1.87 bits per heavy atom. The Morgan fingerprint density at radius 3 is 2.58 bits per heavy atom. The number of carbonyl (C=O) groups excluding carboxylic acids is 1. The van der Waals surface area contributed by atoms with E-state index in [0.717, 1.165) is 61.2 Å². The third-order valence-electron chi connectivity index (χ3n) is 5.36. The zero-order valence-corrected chi connectivity index (χ0v) is 18.7. The van der Waals surface area contributed by atoms with Gasteiger partial charge in [-0.2, -0.15) is 0 Å². The third-order valence-corrected chi connectivity index (χ3v) is 5.36. The number of ether oxygens (including phenoxy) is 1. The van der Waals surface area contributed by atoms with E-state index < -0.39 is 0 Å². The van der Waals surface area contributed by atoms with Gasteiger partial charge in [0.2, 0.25) is 5.91 Å². The second kappa shape index (κ2) is 11.2. The summed E-state index contributed by atoms with van der Waals surface area (Å²) < 4.78 is 5.51. The molecule has 31 heavy (non-hydrogen) atoms. The molecule has 0 radical (unpaired) electrons. The topological polar surface area (TPSA) is 69.2 Å². The summed E-state index contributed by atoms with van der Waals surface area (Å²) in [6.07, 6.45) is 1.38. The molecule has 7 nitrogen and oxygen atoms in total. The van der Waals surface area contributed by atoms with Gasteiger partial charge in [-0.15, -0.1) is 0 Å². The van der Waals surface area contributed by atoms with Crippen LogP contribution in [0.4, 0.5) is 11.4 Å². The molecule has 1 aliphatic heterocycles. The minimum atomic E-state index is 0.0522. The molecule has 0 bridgehead atoms. The molecular formula is C24H33N5O2. The van der Waals surface area contributed by atoms with Crippen LogP contribution in [0.3, 0.4) is 0 Å². The number of nitrogens with zero attached hydrogens (tertiary/aromatic N) is 3. The van der Waals surface area contributed by atoms with E-state index in [1.807, 2.05) is 50.4 Å². The first-order chi connectivity index (χ1) is 15.1. The summed E-state index contributed by atoms with van der Waals surface area (Å²) in [5.74, 6) is 1.85. The number of rotatable bonds is 7. The number of guanidine groups is 1. The molecule has 0 spiro atoms. The number of methoxy groups -OCH3 is 1. The number of aliphatic imine (C=N–C) groups is 1. The van der Waals surface area contributed by atoms with E-state index in [2.05, 4.69) is 37.6 Å². The van der Waals surface area contributed by atoms with Crippen LogP contribution in [-0.4, -0.2) is 57.1 Å². The molecule has 7 heteroatoms. The Hall–Kier alpha value is -3.22. The summed E-state index contributed by atoms with van der Waals surface area (Å²) >= 11 is 0. The fourth-order valence-electron chi connectivity index (χ4n) is 3.77. The molecule has 3 rings (SSSR count). The molecule has 1 fully saturated rings. The Labute approximate surface area is 185 Å². The van der Waals surface area contributed by atoms with Gasteiger partial charge in [0.15, 0.2) is 5.96 Å². The first kappa shape index (κ1) is 22.5. The van der Waals surface area contributed by atoms with Crippen LogP contribution in [0.2, 0.25) is 0 Å². The lowest BCUT2D eigenvalue weighted by atomic mass is 10.2. The van der Waals surface area contributed by atoms with Crippen LogP contribution in [0.1, 0.15) is 25.3 Å². The van der Waals surface area contributed by atoms with Gasteiger partial charge in [-0.3, -0.25) is 9.79 Å². The lowest BCUT2D eigenvalue weighted by Gasteiger charge is -2.38. The highest BCUT2D eigenvalue weighted by molar-refractivity contribution is 5.90. The second-order valence-corrected chi connectivity index (χ2v) is 7.55. The molecule has 1 heterocycles. The number of para-hydroxylation sites is 2. The number of anilines is 2. The van der Waals surface area contributed by atoms with Crippen molar-refractivity contribution in [1.82, 2.24) is 10.2 Å². The maximum atomic E-state index is 11.8. The summed E-state index contributed by atoms with van der Waals surface area (Å²) in [4.78, 5) is 20.9. The lowest BCUT2D eigenvalue weighted by molar-refractivity contribution is -0.116. The maximum absolute atomic E-state index is 11.8. The lowest BCUT2D eigenvalue weighted by Crippen LogP contribution is -2.52. The molecule has 2 aromatic carbocycles. The van der Waals surface area contributed by atoms with Gasteiger partial charge in [-0.1, -0.05) is 31.2 Å². The predicted molar refractivity (Wildman–Crippen MR) is 127 cm³/mol. The molecule has 0 saturated carbocycles. The van der Waals surface area contributed by atoms with Crippen LogP contribution in [0.15, 0.2) is 53.5 Å². The van der Waals surface area contributed by atoms with Crippen molar-refractivity contribution in [2.24, 2.45) is 4.99 Å². The van der Waals surface area contributed by atoms with Crippen molar-refractivity contribution in [1.29, 1.82) is 0 Å². The van der Waals surface area contributed by atoms with Crippen LogP contribution in [0, 0.1) is 0 Å². The number of benzene rings is 2. The molecule has 0 atom stereocenters. The molecule has 2 N–H and O–H groups in total. The molecule has 166 valence electrons. The van der Waals surface area contributed by atoms with Crippen molar-refractivity contribution >= 4 is 23.2 Å². The van der Waals surface area contributed by atoms with Crippen molar-refractivity contribution in [2.45, 2.75) is 26.3 Å². The third kappa shape index (κ3) is 6.13. The van der Waals surface area contributed by atoms with Crippen LogP contribution in [0.25, 0.3) is 0 Å². The van der Waals surface area contributed by atoms with Gasteiger partial charge < -0.3 is 25.2 Å². The van der Waals surface area contributed by atoms with Crippen molar-refractivity contribution < 1.29 is 9.53 Å². The summed E-state index contributed by atoms with van der Waals surface area (Å²) in [5.41, 5.74) is 3.07. The largest absolute Gasteiger partial charge is 0.495 e. The number of hydrogen-bond acceptors (Lipinski definition) is 4. The summed E-state index contributed by atoms with van der Waals surface area (Å²) in [7, 11) is 3.53. The highest BCUT2D eigenvalue weighted by Crippen LogP contribution is 2.28. The first-order valence-electron chi connectivity index (χ1n) is 10.9. The quantitative estimate of drug-likeness (QED) is 0.528. The van der Waals surface area contributed by atoms with Crippen molar-refractivity contribution in [3.63, 3.8) is 0 Å². The van der Waals surface area contributed by atoms with Crippen LogP contribution < -0.4 is 20.3 Å². The number of amides is 1. The van der Waals surface area contributed by atoms with E-state index >= 15 is 0 Å². The van der Waals surface area contributed by atoms with Crippen LogP contribution in [-0.2, 0) is 11.3 Å². The summed E-state index contributed by atoms with van der Waals surface area (Å²) in [6, 6.07) is 16.1. The van der Waals surface area contributed by atoms with Gasteiger partial charge in [0.25, 0.3) is 0 Å². The number of piperazine rings is 1. The highest BCUT2D eigenvalue weighted by atomic mass is 16.5. The molecule has 1 saturated heterocycles. The molecule has 0 aliphatic carbocycles. The number of nitrogens with one attached hydrogen (secondary N) is 2. The normalized spacial score (nSPS) is 14.4. The maximum Gasteiger partial charge on any atom is 0.224 e. The smallest absolute Gasteiger partial charge is 0.224 e. The SMILES string of the molecule is CCCC(=O)Nc1cccc(CNC(=NC)N2CCN(c3ccccc3OC)CC2)c1. The van der Waals surface area contributed by atoms with E-state index in [4.69, 9.17) is 4.74 Å². The van der Waals surface area contributed by atoms with E-state index in [1.54, 1.807) is 7.11 Å². The van der Waals surface area contributed by atoms with E-state index in [9.17, 15) is 4.79 Å². The molecule has 0 unspecified atom stereocenters. The molecule has 1 amide bonds. The van der Waals surface area contributed by atoms with Crippen LogP contribution in [0.5, 0.6) is 5.75 Å². The molecule has 0 aromatic heterocycles. The number of hydrogen-bond donors (Lipinski definition) is 2. The summed E-state index contributed by atoms with van der Waals surface area (Å²) in [5, 5.41) is 6.41. The summed E-state index contributed by atoms with van der Waals surface area (Å²) in [6.45, 7) is 6.22. The Bertz CT molecular complexity index is 891. The van der Waals surface area contributed by atoms with E-state index in [-0.39, 0.29) is 5.91 Å². The number of carbonyl (C=O) groups is 1. The van der Waals surface area contributed by atoms with E-state index in [0.29, 0.717) is 13.0 Å². The van der Waals surface area contributed by atoms with Gasteiger partial charge in [-0.05, 0) is 36.2 Å². The molecular weight excluding hydrogens is 390 g/mol. The standard InChI is InChI=1S/C24H33N5O2/c1-4-8-23(30)27-20-10-7-9-19(17-20)18-26-24(25-2)29-15-13-28(14-16-29)21-11-5-6-12-22(21)31-3/h5-7,9-12,17H,4,8,13-16,18H2,1-3H3,(H,25,26)(H,27,30). The molecule has 2 aromatic rings. The Balaban J connectivity index is 1.54. The van der Waals surface area contributed by atoms with Crippen molar-refractivity contribution in [3.05, 3.63) is 54.1 Å². The van der Waals surface area contributed by atoms with Gasteiger partial charge >= 0.3 is 0 Å². The second-order valence-electron chi connectivity index (χ2n) is 7.55. The molecule has 1 aliphatic rings. The van der Waals surface area contributed by atoms with Crippen molar-refractivity contribution in [2.75, 3.05) is 50.6 Å². The monoisotopic (exact) mass is 423 g/mol. The fourth-order valence-corrected chi connectivity index (χ4v) is 3.77. The van der Waals surface area contributed by atoms with Crippen molar-refractivity contribution in [3.8, 4) is 5.75 Å². The average molecular weight is 424 g/mol. The predicted octanol–water partition coefficient (Wildman–Crippen LogP) is 3.33. The average Bonchev–Trinajstić information content (AvgIpc) is 2.80. The van der Waals surface area contributed by atoms with Gasteiger partial charge in [0.05, 0.1) is 12.8 Å². The minimum Gasteiger partial charge on any atom is -0.495 e. The minimum absolute atomic E-state index is 0.0522. The Kier molecular flexibility index (Phi) is 8.15. The zero-order chi connectivity index (χ0) is 22.1. The highest BCUT2D eigenvalue weighted by Gasteiger charge is 2.21. The first-order valence-corrected chi connectivity index (χ1v) is 10.9. The Morgan fingerprint density at radius 1 is 1.10 bits per heavy atom. The van der Waals surface area contributed by atoms with Gasteiger partial charge in [0, 0.05) is 51.9 Å².